The van der Waals surface area contributed by atoms with E-state index in [0.29, 0.717) is 13.0 Å². The first kappa shape index (κ1) is 15.4. The number of nitrogens with one attached hydrogen (secondary N) is 1. The van der Waals surface area contributed by atoms with Crippen LogP contribution in [0.1, 0.15) is 25.8 Å². The first-order valence-corrected chi connectivity index (χ1v) is 7.37. The molecule has 0 saturated carbocycles. The van der Waals surface area contributed by atoms with Gasteiger partial charge in [0.05, 0.1) is 5.92 Å². The number of hydrogen-bond donors (Lipinski definition) is 2. The molecule has 5 heteroatoms. The summed E-state index contributed by atoms with van der Waals surface area (Å²) in [5, 5.41) is 12.3. The molecule has 2 N–H and O–H groups in total. The Morgan fingerprint density at radius 1 is 1.43 bits per heavy atom. The second kappa shape index (κ2) is 6.61. The van der Waals surface area contributed by atoms with E-state index in [1.807, 2.05) is 38.1 Å². The average molecular weight is 290 g/mol. The third-order valence-corrected chi connectivity index (χ3v) is 4.08. The summed E-state index contributed by atoms with van der Waals surface area (Å²) in [5.74, 6) is -1.24. The van der Waals surface area contributed by atoms with Crippen LogP contribution in [0.2, 0.25) is 0 Å². The Balaban J connectivity index is 2.13. The second-order valence-electron chi connectivity index (χ2n) is 5.56. The van der Waals surface area contributed by atoms with Crippen LogP contribution in [0.25, 0.3) is 0 Å². The molecule has 2 rings (SSSR count). The first-order valence-electron chi connectivity index (χ1n) is 7.37. The van der Waals surface area contributed by atoms with E-state index < -0.39 is 5.97 Å². The maximum absolute atomic E-state index is 12.7. The van der Waals surface area contributed by atoms with Gasteiger partial charge >= 0.3 is 5.97 Å². The zero-order valence-electron chi connectivity index (χ0n) is 12.5. The van der Waals surface area contributed by atoms with Crippen molar-refractivity contribution >= 4 is 17.6 Å². The zero-order chi connectivity index (χ0) is 15.4. The highest BCUT2D eigenvalue weighted by molar-refractivity contribution is 5.84. The zero-order valence-corrected chi connectivity index (χ0v) is 12.5. The molecule has 0 fully saturated rings. The highest BCUT2D eigenvalue weighted by atomic mass is 16.4. The van der Waals surface area contributed by atoms with Crippen molar-refractivity contribution in [1.82, 2.24) is 4.90 Å². The van der Waals surface area contributed by atoms with E-state index in [2.05, 4.69) is 5.32 Å². The topological polar surface area (TPSA) is 69.6 Å². The number of amides is 1. The van der Waals surface area contributed by atoms with Crippen LogP contribution in [-0.4, -0.2) is 41.0 Å². The van der Waals surface area contributed by atoms with Crippen LogP contribution in [0.5, 0.6) is 0 Å². The highest BCUT2D eigenvalue weighted by Crippen LogP contribution is 2.26. The third-order valence-electron chi connectivity index (χ3n) is 4.08. The molecule has 0 bridgehead atoms. The van der Waals surface area contributed by atoms with E-state index in [1.165, 1.54) is 4.90 Å². The Labute approximate surface area is 125 Å². The molecule has 1 amide bonds. The highest BCUT2D eigenvalue weighted by Gasteiger charge is 2.31. The van der Waals surface area contributed by atoms with Crippen LogP contribution in [-0.2, 0) is 16.0 Å². The Morgan fingerprint density at radius 3 is 2.81 bits per heavy atom. The minimum absolute atomic E-state index is 0.0641. The van der Waals surface area contributed by atoms with Crippen molar-refractivity contribution in [3.05, 3.63) is 29.8 Å². The number of hydrogen-bond acceptors (Lipinski definition) is 3. The number of anilines is 1. The van der Waals surface area contributed by atoms with Crippen molar-refractivity contribution < 1.29 is 14.7 Å². The SMILES string of the molecule is CCC(C)N(CC(=O)O)C(=O)C1CNc2ccccc2C1. The van der Waals surface area contributed by atoms with Crippen molar-refractivity contribution in [2.45, 2.75) is 32.7 Å². The minimum atomic E-state index is -0.965. The van der Waals surface area contributed by atoms with Crippen LogP contribution in [0, 0.1) is 5.92 Å². The largest absolute Gasteiger partial charge is 0.480 e. The quantitative estimate of drug-likeness (QED) is 0.870. The summed E-state index contributed by atoms with van der Waals surface area (Å²) in [6.07, 6.45) is 1.41. The standard InChI is InChI=1S/C16H22N2O3/c1-3-11(2)18(10-15(19)20)16(21)13-8-12-6-4-5-7-14(12)17-9-13/h4-7,11,13,17H,3,8-10H2,1-2H3,(H,19,20). The predicted octanol–water partition coefficient (Wildman–Crippen LogP) is 1.98. The van der Waals surface area contributed by atoms with Crippen molar-refractivity contribution in [2.24, 2.45) is 5.92 Å². The van der Waals surface area contributed by atoms with Gasteiger partial charge in [0.25, 0.3) is 0 Å². The molecule has 0 aliphatic carbocycles. The molecule has 2 atom stereocenters. The van der Waals surface area contributed by atoms with Gasteiger partial charge in [0.2, 0.25) is 5.91 Å². The van der Waals surface area contributed by atoms with Crippen LogP contribution < -0.4 is 5.32 Å². The molecular weight excluding hydrogens is 268 g/mol. The molecule has 0 saturated heterocycles. The van der Waals surface area contributed by atoms with Gasteiger partial charge < -0.3 is 15.3 Å². The summed E-state index contributed by atoms with van der Waals surface area (Å²) in [4.78, 5) is 25.2. The van der Waals surface area contributed by atoms with Gasteiger partial charge in [-0.15, -0.1) is 0 Å². The molecule has 1 aromatic carbocycles. The fourth-order valence-electron chi connectivity index (χ4n) is 2.67. The number of benzene rings is 1. The molecule has 114 valence electrons. The summed E-state index contributed by atoms with van der Waals surface area (Å²) in [6.45, 7) is 4.18. The van der Waals surface area contributed by atoms with Gasteiger partial charge in [0, 0.05) is 18.3 Å². The fourth-order valence-corrected chi connectivity index (χ4v) is 2.67. The Hall–Kier alpha value is -2.04. The van der Waals surface area contributed by atoms with E-state index in [0.717, 1.165) is 17.7 Å². The summed E-state index contributed by atoms with van der Waals surface area (Å²) in [5.41, 5.74) is 2.18. The number of rotatable bonds is 5. The molecule has 21 heavy (non-hydrogen) atoms. The molecule has 0 aromatic heterocycles. The number of carbonyl (C=O) groups is 2. The lowest BCUT2D eigenvalue weighted by Gasteiger charge is -2.33. The maximum Gasteiger partial charge on any atom is 0.323 e. The molecule has 1 aromatic rings. The number of nitrogens with zero attached hydrogens (tertiary/aromatic N) is 1. The average Bonchev–Trinajstić information content (AvgIpc) is 2.50. The molecule has 2 unspecified atom stereocenters. The second-order valence-corrected chi connectivity index (χ2v) is 5.56. The van der Waals surface area contributed by atoms with Gasteiger partial charge in [-0.3, -0.25) is 9.59 Å². The number of para-hydroxylation sites is 1. The monoisotopic (exact) mass is 290 g/mol. The number of carboxylic acid groups (broad SMARTS) is 1. The van der Waals surface area contributed by atoms with Crippen LogP contribution in [0.4, 0.5) is 5.69 Å². The van der Waals surface area contributed by atoms with Crippen molar-refractivity contribution in [3.8, 4) is 0 Å². The van der Waals surface area contributed by atoms with Gasteiger partial charge in [-0.25, -0.2) is 0 Å². The lowest BCUT2D eigenvalue weighted by molar-refractivity contribution is -0.148. The van der Waals surface area contributed by atoms with E-state index >= 15 is 0 Å². The molecule has 5 nitrogen and oxygen atoms in total. The smallest absolute Gasteiger partial charge is 0.323 e. The van der Waals surface area contributed by atoms with Crippen LogP contribution in [0.3, 0.4) is 0 Å². The molecule has 0 radical (unpaired) electrons. The minimum Gasteiger partial charge on any atom is -0.480 e. The van der Waals surface area contributed by atoms with Crippen LogP contribution >= 0.6 is 0 Å². The first-order chi connectivity index (χ1) is 10.0. The van der Waals surface area contributed by atoms with Gasteiger partial charge in [0.1, 0.15) is 6.54 Å². The van der Waals surface area contributed by atoms with E-state index in [4.69, 9.17) is 5.11 Å². The van der Waals surface area contributed by atoms with E-state index in [-0.39, 0.29) is 24.4 Å². The third kappa shape index (κ3) is 3.54. The van der Waals surface area contributed by atoms with Crippen molar-refractivity contribution in [1.29, 1.82) is 0 Å². The normalized spacial score (nSPS) is 18.3. The van der Waals surface area contributed by atoms with Crippen molar-refractivity contribution in [3.63, 3.8) is 0 Å². The Morgan fingerprint density at radius 2 is 2.14 bits per heavy atom. The lowest BCUT2D eigenvalue weighted by atomic mass is 9.92. The van der Waals surface area contributed by atoms with Crippen molar-refractivity contribution in [2.75, 3.05) is 18.4 Å². The molecule has 1 aliphatic heterocycles. The Kier molecular flexibility index (Phi) is 4.83. The molecule has 1 aliphatic rings. The van der Waals surface area contributed by atoms with E-state index in [1.54, 1.807) is 0 Å². The van der Waals surface area contributed by atoms with Gasteiger partial charge in [-0.1, -0.05) is 25.1 Å². The molecule has 1 heterocycles. The number of carbonyl (C=O) groups excluding carboxylic acids is 1. The summed E-state index contributed by atoms with van der Waals surface area (Å²) >= 11 is 0. The number of aliphatic carboxylic acids is 1. The fraction of sp³-hybridized carbons (Fsp3) is 0.500. The lowest BCUT2D eigenvalue weighted by Crippen LogP contribution is -2.47. The van der Waals surface area contributed by atoms with Gasteiger partial charge in [0.15, 0.2) is 0 Å². The summed E-state index contributed by atoms with van der Waals surface area (Å²) in [7, 11) is 0. The predicted molar refractivity (Wildman–Crippen MR) is 81.2 cm³/mol. The maximum atomic E-state index is 12.7. The molecular formula is C16H22N2O3. The van der Waals surface area contributed by atoms with Gasteiger partial charge in [-0.05, 0) is 31.4 Å². The number of carboxylic acids is 1. The number of fused-ring (bicyclic) bond motifs is 1. The Bertz CT molecular complexity index is 530. The van der Waals surface area contributed by atoms with Crippen LogP contribution in [0.15, 0.2) is 24.3 Å². The van der Waals surface area contributed by atoms with Gasteiger partial charge in [-0.2, -0.15) is 0 Å². The molecule has 0 spiro atoms. The summed E-state index contributed by atoms with van der Waals surface area (Å²) < 4.78 is 0. The summed E-state index contributed by atoms with van der Waals surface area (Å²) in [6, 6.07) is 7.86. The van der Waals surface area contributed by atoms with E-state index in [9.17, 15) is 9.59 Å².